The second kappa shape index (κ2) is 5.99. The van der Waals surface area contributed by atoms with E-state index in [1.54, 1.807) is 0 Å². The summed E-state index contributed by atoms with van der Waals surface area (Å²) in [4.78, 5) is 0. The number of unbranched alkanes of at least 4 members (excludes halogenated alkanes) is 1. The first-order chi connectivity index (χ1) is 6.33. The lowest BCUT2D eigenvalue weighted by molar-refractivity contribution is 0.307. The molecule has 1 rings (SSSR count). The Kier molecular flexibility index (Phi) is 4.85. The molecule has 1 aliphatic carbocycles. The monoisotopic (exact) mass is 180 g/mol. The van der Waals surface area contributed by atoms with Gasteiger partial charge < -0.3 is 5.32 Å². The van der Waals surface area contributed by atoms with E-state index in [1.807, 2.05) is 0 Å². The molecule has 0 aliphatic heterocycles. The number of hydrogen-bond donors (Lipinski definition) is 1. The Labute approximate surface area is 81.3 Å². The van der Waals surface area contributed by atoms with Gasteiger partial charge in [0.25, 0.3) is 0 Å². The lowest BCUT2D eigenvalue weighted by Gasteiger charge is -2.26. The summed E-state index contributed by atoms with van der Waals surface area (Å²) in [5.74, 6) is 0.928. The third-order valence-corrected chi connectivity index (χ3v) is 2.91. The fraction of sp³-hybridized carbons (Fsp3) is 0.909. The van der Waals surface area contributed by atoms with Gasteiger partial charge in [-0.1, -0.05) is 6.92 Å². The van der Waals surface area contributed by atoms with Crippen LogP contribution in [0, 0.1) is 17.2 Å². The summed E-state index contributed by atoms with van der Waals surface area (Å²) in [5, 5.41) is 11.9. The van der Waals surface area contributed by atoms with Crippen LogP contribution in [0.1, 0.15) is 45.4 Å². The van der Waals surface area contributed by atoms with Crippen LogP contribution in [0.15, 0.2) is 0 Å². The SMILES string of the molecule is CC1CCC(NCCCC#N)CC1. The molecule has 2 nitrogen and oxygen atoms in total. The van der Waals surface area contributed by atoms with E-state index in [4.69, 9.17) is 5.26 Å². The molecule has 0 bridgehead atoms. The van der Waals surface area contributed by atoms with Gasteiger partial charge in [0, 0.05) is 12.5 Å². The smallest absolute Gasteiger partial charge is 0.0622 e. The molecule has 0 unspecified atom stereocenters. The van der Waals surface area contributed by atoms with Crippen LogP contribution in [0.2, 0.25) is 0 Å². The van der Waals surface area contributed by atoms with E-state index in [0.717, 1.165) is 24.9 Å². The average molecular weight is 180 g/mol. The van der Waals surface area contributed by atoms with Crippen LogP contribution < -0.4 is 5.32 Å². The van der Waals surface area contributed by atoms with Crippen molar-refractivity contribution in [1.82, 2.24) is 5.32 Å². The van der Waals surface area contributed by atoms with Gasteiger partial charge in [-0.25, -0.2) is 0 Å². The predicted molar refractivity (Wildman–Crippen MR) is 54.3 cm³/mol. The zero-order valence-electron chi connectivity index (χ0n) is 8.55. The van der Waals surface area contributed by atoms with Crippen molar-refractivity contribution in [3.05, 3.63) is 0 Å². The van der Waals surface area contributed by atoms with E-state index < -0.39 is 0 Å². The lowest BCUT2D eigenvalue weighted by Crippen LogP contribution is -2.33. The highest BCUT2D eigenvalue weighted by Crippen LogP contribution is 2.23. The summed E-state index contributed by atoms with van der Waals surface area (Å²) in [7, 11) is 0. The van der Waals surface area contributed by atoms with Crippen molar-refractivity contribution < 1.29 is 0 Å². The minimum atomic E-state index is 0.691. The van der Waals surface area contributed by atoms with Crippen molar-refractivity contribution in [3.63, 3.8) is 0 Å². The highest BCUT2D eigenvalue weighted by atomic mass is 14.9. The predicted octanol–water partition coefficient (Wildman–Crippen LogP) is 2.46. The zero-order chi connectivity index (χ0) is 9.52. The normalized spacial score (nSPS) is 28.3. The van der Waals surface area contributed by atoms with Crippen LogP contribution in [0.4, 0.5) is 0 Å². The molecular formula is C11H20N2. The van der Waals surface area contributed by atoms with Crippen molar-refractivity contribution in [2.24, 2.45) is 5.92 Å². The van der Waals surface area contributed by atoms with Crippen LogP contribution in [0.25, 0.3) is 0 Å². The molecular weight excluding hydrogens is 160 g/mol. The van der Waals surface area contributed by atoms with Crippen LogP contribution >= 0.6 is 0 Å². The van der Waals surface area contributed by atoms with Crippen LogP contribution in [0.5, 0.6) is 0 Å². The van der Waals surface area contributed by atoms with Crippen molar-refractivity contribution in [2.45, 2.75) is 51.5 Å². The summed E-state index contributed by atoms with van der Waals surface area (Å²) in [6.07, 6.45) is 7.09. The van der Waals surface area contributed by atoms with Gasteiger partial charge in [0.1, 0.15) is 0 Å². The largest absolute Gasteiger partial charge is 0.314 e. The molecule has 0 amide bonds. The Morgan fingerprint density at radius 3 is 2.62 bits per heavy atom. The molecule has 0 heterocycles. The quantitative estimate of drug-likeness (QED) is 0.675. The van der Waals surface area contributed by atoms with Gasteiger partial charge in [-0.3, -0.25) is 0 Å². The van der Waals surface area contributed by atoms with Crippen LogP contribution in [-0.2, 0) is 0 Å². The molecule has 0 aromatic carbocycles. The molecule has 0 aromatic rings. The first kappa shape index (κ1) is 10.5. The van der Waals surface area contributed by atoms with Crippen molar-refractivity contribution in [2.75, 3.05) is 6.54 Å². The Morgan fingerprint density at radius 1 is 1.31 bits per heavy atom. The maximum atomic E-state index is 8.36. The Bertz CT molecular complexity index is 163. The summed E-state index contributed by atoms with van der Waals surface area (Å²) in [6.45, 7) is 3.36. The van der Waals surface area contributed by atoms with E-state index in [1.165, 1.54) is 25.7 Å². The molecule has 1 fully saturated rings. The van der Waals surface area contributed by atoms with Crippen molar-refractivity contribution in [3.8, 4) is 6.07 Å². The van der Waals surface area contributed by atoms with Gasteiger partial charge in [0.2, 0.25) is 0 Å². The molecule has 13 heavy (non-hydrogen) atoms. The van der Waals surface area contributed by atoms with Gasteiger partial charge in [0.05, 0.1) is 6.07 Å². The summed E-state index contributed by atoms with van der Waals surface area (Å²) in [6, 6.07) is 2.90. The van der Waals surface area contributed by atoms with Gasteiger partial charge in [0.15, 0.2) is 0 Å². The van der Waals surface area contributed by atoms with Gasteiger partial charge in [-0.05, 0) is 44.6 Å². The van der Waals surface area contributed by atoms with Gasteiger partial charge >= 0.3 is 0 Å². The van der Waals surface area contributed by atoms with Crippen LogP contribution in [-0.4, -0.2) is 12.6 Å². The molecule has 0 aromatic heterocycles. The molecule has 1 N–H and O–H groups in total. The van der Waals surface area contributed by atoms with Gasteiger partial charge in [-0.15, -0.1) is 0 Å². The fourth-order valence-electron chi connectivity index (χ4n) is 1.94. The van der Waals surface area contributed by atoms with E-state index >= 15 is 0 Å². The Balaban J connectivity index is 2.00. The van der Waals surface area contributed by atoms with E-state index in [2.05, 4.69) is 18.3 Å². The minimum Gasteiger partial charge on any atom is -0.314 e. The number of rotatable bonds is 4. The second-order valence-electron chi connectivity index (χ2n) is 4.17. The van der Waals surface area contributed by atoms with Crippen LogP contribution in [0.3, 0.4) is 0 Å². The maximum absolute atomic E-state index is 8.36. The second-order valence-corrected chi connectivity index (χ2v) is 4.17. The lowest BCUT2D eigenvalue weighted by atomic mass is 9.87. The molecule has 2 heteroatoms. The van der Waals surface area contributed by atoms with E-state index in [0.29, 0.717) is 6.42 Å². The third kappa shape index (κ3) is 4.28. The Hall–Kier alpha value is -0.550. The topological polar surface area (TPSA) is 35.8 Å². The summed E-state index contributed by atoms with van der Waals surface area (Å²) in [5.41, 5.74) is 0. The molecule has 1 saturated carbocycles. The number of nitrogens with one attached hydrogen (secondary N) is 1. The molecule has 0 radical (unpaired) electrons. The average Bonchev–Trinajstić information content (AvgIpc) is 2.15. The maximum Gasteiger partial charge on any atom is 0.0622 e. The highest BCUT2D eigenvalue weighted by molar-refractivity contribution is 4.76. The van der Waals surface area contributed by atoms with E-state index in [-0.39, 0.29) is 0 Å². The van der Waals surface area contributed by atoms with Crippen molar-refractivity contribution in [1.29, 1.82) is 5.26 Å². The fourth-order valence-corrected chi connectivity index (χ4v) is 1.94. The molecule has 0 spiro atoms. The molecule has 1 aliphatic rings. The highest BCUT2D eigenvalue weighted by Gasteiger charge is 2.16. The van der Waals surface area contributed by atoms with E-state index in [9.17, 15) is 0 Å². The number of nitriles is 1. The van der Waals surface area contributed by atoms with Gasteiger partial charge in [-0.2, -0.15) is 5.26 Å². The number of hydrogen-bond acceptors (Lipinski definition) is 2. The first-order valence-corrected chi connectivity index (χ1v) is 5.43. The molecule has 0 saturated heterocycles. The standard InChI is InChI=1S/C11H20N2/c1-10-4-6-11(7-5-10)13-9-3-2-8-12/h10-11,13H,2-7,9H2,1H3. The summed E-state index contributed by atoms with van der Waals surface area (Å²) >= 11 is 0. The zero-order valence-corrected chi connectivity index (χ0v) is 8.55. The molecule has 0 atom stereocenters. The minimum absolute atomic E-state index is 0.691. The Morgan fingerprint density at radius 2 is 2.00 bits per heavy atom. The molecule has 74 valence electrons. The van der Waals surface area contributed by atoms with Crippen molar-refractivity contribution >= 4 is 0 Å². The third-order valence-electron chi connectivity index (χ3n) is 2.91. The first-order valence-electron chi connectivity index (χ1n) is 5.43. The number of nitrogens with zero attached hydrogens (tertiary/aromatic N) is 1. The summed E-state index contributed by atoms with van der Waals surface area (Å²) < 4.78 is 0.